The average Bonchev–Trinajstić information content (AvgIpc) is 3.15. The van der Waals surface area contributed by atoms with E-state index >= 15 is 0 Å². The number of rotatable bonds is 8. The fourth-order valence-corrected chi connectivity index (χ4v) is 4.73. The van der Waals surface area contributed by atoms with Crippen LogP contribution in [0.4, 0.5) is 10.2 Å². The molecule has 0 radical (unpaired) electrons. The van der Waals surface area contributed by atoms with Crippen LogP contribution in [0.5, 0.6) is 0 Å². The summed E-state index contributed by atoms with van der Waals surface area (Å²) in [7, 11) is -3.69. The largest absolute Gasteiger partial charge is 0.370 e. The highest BCUT2D eigenvalue weighted by Crippen LogP contribution is 2.30. The second-order valence-electron chi connectivity index (χ2n) is 6.87. The van der Waals surface area contributed by atoms with Crippen LogP contribution in [-0.2, 0) is 10.0 Å². The van der Waals surface area contributed by atoms with Crippen LogP contribution in [0.25, 0.3) is 16.9 Å². The quantitative estimate of drug-likeness (QED) is 0.317. The van der Waals surface area contributed by atoms with Crippen LogP contribution in [0.15, 0.2) is 70.2 Å². The molecule has 7 nitrogen and oxygen atoms in total. The summed E-state index contributed by atoms with van der Waals surface area (Å²) in [6.45, 7) is 0.686. The minimum Gasteiger partial charge on any atom is -0.370 e. The van der Waals surface area contributed by atoms with E-state index in [0.29, 0.717) is 35.1 Å². The molecular formula is C21H18BrClFN5O2S. The van der Waals surface area contributed by atoms with Gasteiger partial charge in [-0.05, 0) is 52.7 Å². The molecule has 4 aromatic rings. The minimum atomic E-state index is -3.69. The van der Waals surface area contributed by atoms with Crippen LogP contribution in [0.2, 0.25) is 5.02 Å². The third kappa shape index (κ3) is 4.93. The Labute approximate surface area is 197 Å². The Bertz CT molecular complexity index is 1360. The highest BCUT2D eigenvalue weighted by atomic mass is 79.9. The summed E-state index contributed by atoms with van der Waals surface area (Å²) >= 11 is 9.80. The average molecular weight is 539 g/mol. The van der Waals surface area contributed by atoms with E-state index in [1.807, 2.05) is 24.3 Å². The van der Waals surface area contributed by atoms with Crippen molar-refractivity contribution in [1.29, 1.82) is 0 Å². The summed E-state index contributed by atoms with van der Waals surface area (Å²) in [6, 6.07) is 14.0. The van der Waals surface area contributed by atoms with Gasteiger partial charge in [-0.15, -0.1) is 0 Å². The Morgan fingerprint density at radius 2 is 1.84 bits per heavy atom. The van der Waals surface area contributed by atoms with Crippen molar-refractivity contribution in [3.63, 3.8) is 0 Å². The van der Waals surface area contributed by atoms with Crippen molar-refractivity contribution in [2.24, 2.45) is 0 Å². The number of hydrogen-bond donors (Lipinski definition) is 2. The van der Waals surface area contributed by atoms with Crippen molar-refractivity contribution in [1.82, 2.24) is 19.3 Å². The number of anilines is 1. The molecule has 0 bridgehead atoms. The molecule has 0 saturated heterocycles. The van der Waals surface area contributed by atoms with Gasteiger partial charge in [0.05, 0.1) is 21.3 Å². The molecule has 2 aromatic heterocycles. The maximum absolute atomic E-state index is 13.0. The van der Waals surface area contributed by atoms with E-state index < -0.39 is 15.8 Å². The molecule has 0 aliphatic rings. The van der Waals surface area contributed by atoms with Gasteiger partial charge in [0.1, 0.15) is 11.6 Å². The molecule has 32 heavy (non-hydrogen) atoms. The number of benzene rings is 2. The Morgan fingerprint density at radius 3 is 2.59 bits per heavy atom. The molecule has 2 aromatic carbocycles. The smallest absolute Gasteiger partial charge is 0.240 e. The van der Waals surface area contributed by atoms with Crippen LogP contribution >= 0.6 is 27.5 Å². The molecule has 11 heteroatoms. The molecule has 4 rings (SSSR count). The lowest BCUT2D eigenvalue weighted by Gasteiger charge is -2.12. The zero-order chi connectivity index (χ0) is 22.7. The summed E-state index contributed by atoms with van der Waals surface area (Å²) in [4.78, 5) is 4.68. The van der Waals surface area contributed by atoms with Gasteiger partial charge in [0.2, 0.25) is 10.0 Å². The van der Waals surface area contributed by atoms with Crippen molar-refractivity contribution in [2.75, 3.05) is 18.4 Å². The first-order valence-electron chi connectivity index (χ1n) is 9.63. The van der Waals surface area contributed by atoms with E-state index in [1.54, 1.807) is 16.8 Å². The summed E-state index contributed by atoms with van der Waals surface area (Å²) in [5.74, 6) is 0.204. The van der Waals surface area contributed by atoms with Crippen molar-refractivity contribution in [3.8, 4) is 11.3 Å². The van der Waals surface area contributed by atoms with Gasteiger partial charge >= 0.3 is 0 Å². The number of hydrogen-bond acceptors (Lipinski definition) is 5. The fourth-order valence-electron chi connectivity index (χ4n) is 3.08. The molecule has 2 heterocycles. The number of sulfonamides is 1. The molecule has 0 spiro atoms. The van der Waals surface area contributed by atoms with Crippen LogP contribution in [-0.4, -0.2) is 36.1 Å². The number of fused-ring (bicyclic) bond motifs is 1. The first-order chi connectivity index (χ1) is 15.3. The molecule has 0 saturated carbocycles. The van der Waals surface area contributed by atoms with E-state index in [1.165, 1.54) is 12.1 Å². The molecular weight excluding hydrogens is 521 g/mol. The molecule has 0 fully saturated rings. The van der Waals surface area contributed by atoms with E-state index in [0.717, 1.165) is 22.2 Å². The molecule has 0 aliphatic heterocycles. The zero-order valence-corrected chi connectivity index (χ0v) is 19.8. The summed E-state index contributed by atoms with van der Waals surface area (Å²) in [5.41, 5.74) is 2.10. The second-order valence-corrected chi connectivity index (χ2v) is 9.89. The normalized spacial score (nSPS) is 11.7. The van der Waals surface area contributed by atoms with Crippen LogP contribution in [0.3, 0.4) is 0 Å². The van der Waals surface area contributed by atoms with Crippen molar-refractivity contribution < 1.29 is 12.8 Å². The highest BCUT2D eigenvalue weighted by Gasteiger charge is 2.14. The third-order valence-electron chi connectivity index (χ3n) is 4.65. The number of halogens is 3. The van der Waals surface area contributed by atoms with Crippen molar-refractivity contribution in [2.45, 2.75) is 11.3 Å². The Kier molecular flexibility index (Phi) is 6.75. The maximum Gasteiger partial charge on any atom is 0.240 e. The molecule has 0 unspecified atom stereocenters. The summed E-state index contributed by atoms with van der Waals surface area (Å²) in [5, 5.41) is 8.19. The minimum absolute atomic E-state index is 0.0217. The van der Waals surface area contributed by atoms with E-state index in [9.17, 15) is 12.8 Å². The van der Waals surface area contributed by atoms with Gasteiger partial charge in [-0.1, -0.05) is 29.8 Å². The summed E-state index contributed by atoms with van der Waals surface area (Å²) in [6.07, 6.45) is 2.16. The van der Waals surface area contributed by atoms with E-state index in [-0.39, 0.29) is 11.4 Å². The zero-order valence-electron chi connectivity index (χ0n) is 16.6. The fraction of sp³-hybridized carbons (Fsp3) is 0.143. The highest BCUT2D eigenvalue weighted by molar-refractivity contribution is 9.10. The number of nitrogens with one attached hydrogen (secondary N) is 2. The van der Waals surface area contributed by atoms with E-state index in [2.05, 4.69) is 36.1 Å². The van der Waals surface area contributed by atoms with E-state index in [4.69, 9.17) is 11.6 Å². The van der Waals surface area contributed by atoms with Crippen LogP contribution < -0.4 is 10.0 Å². The molecule has 0 atom stereocenters. The van der Waals surface area contributed by atoms with Crippen molar-refractivity contribution >= 4 is 49.0 Å². The Hall–Kier alpha value is -2.53. The van der Waals surface area contributed by atoms with Gasteiger partial charge in [0.15, 0.2) is 5.65 Å². The number of aromatic nitrogens is 3. The SMILES string of the molecule is O=S(=O)(NCCCNc1cc(-c2ccccc2Cl)nc2c(Br)cnn12)c1ccc(F)cc1. The molecule has 166 valence electrons. The van der Waals surface area contributed by atoms with Gasteiger partial charge < -0.3 is 5.32 Å². The lowest BCUT2D eigenvalue weighted by Crippen LogP contribution is -2.26. The monoisotopic (exact) mass is 537 g/mol. The standard InChI is InChI=1S/C21H18BrClFN5O2S/c22-17-13-26-29-20(12-19(28-21(17)29)16-4-1-2-5-18(16)23)25-10-3-11-27-32(30,31)15-8-6-14(24)7-9-15/h1-2,4-9,12-13,25,27H,3,10-11H2. The number of nitrogens with zero attached hydrogens (tertiary/aromatic N) is 3. The van der Waals surface area contributed by atoms with Gasteiger partial charge in [-0.3, -0.25) is 0 Å². The van der Waals surface area contributed by atoms with Gasteiger partial charge in [0, 0.05) is 29.7 Å². The summed E-state index contributed by atoms with van der Waals surface area (Å²) < 4.78 is 42.5. The first kappa shape index (κ1) is 22.7. The third-order valence-corrected chi connectivity index (χ3v) is 7.02. The Morgan fingerprint density at radius 1 is 1.09 bits per heavy atom. The first-order valence-corrected chi connectivity index (χ1v) is 12.3. The van der Waals surface area contributed by atoms with Gasteiger partial charge in [-0.25, -0.2) is 22.5 Å². The molecule has 0 aliphatic carbocycles. The Balaban J connectivity index is 1.45. The van der Waals surface area contributed by atoms with Gasteiger partial charge in [-0.2, -0.15) is 9.61 Å². The van der Waals surface area contributed by atoms with Crippen LogP contribution in [0, 0.1) is 5.82 Å². The van der Waals surface area contributed by atoms with Crippen LogP contribution in [0.1, 0.15) is 6.42 Å². The second kappa shape index (κ2) is 9.53. The van der Waals surface area contributed by atoms with Gasteiger partial charge in [0.25, 0.3) is 0 Å². The topological polar surface area (TPSA) is 88.4 Å². The lowest BCUT2D eigenvalue weighted by atomic mass is 10.1. The molecule has 2 N–H and O–H groups in total. The van der Waals surface area contributed by atoms with Crippen molar-refractivity contribution in [3.05, 3.63) is 76.1 Å². The molecule has 0 amide bonds. The predicted octanol–water partition coefficient (Wildman–Crippen LogP) is 4.73. The predicted molar refractivity (Wildman–Crippen MR) is 126 cm³/mol. The maximum atomic E-state index is 13.0. The lowest BCUT2D eigenvalue weighted by molar-refractivity contribution is 0.579.